The van der Waals surface area contributed by atoms with Crippen molar-refractivity contribution in [3.8, 4) is 6.07 Å². The van der Waals surface area contributed by atoms with Gasteiger partial charge < -0.3 is 9.40 Å². The lowest BCUT2D eigenvalue weighted by Crippen LogP contribution is -2.19. The van der Waals surface area contributed by atoms with Gasteiger partial charge in [0.15, 0.2) is 5.78 Å². The van der Waals surface area contributed by atoms with Crippen LogP contribution in [0.3, 0.4) is 0 Å². The number of para-hydroxylation sites is 2. The van der Waals surface area contributed by atoms with Crippen molar-refractivity contribution in [2.24, 2.45) is 0 Å². The van der Waals surface area contributed by atoms with Gasteiger partial charge in [0.1, 0.15) is 23.1 Å². The SMILES string of the molecule is CC(=O)c1c(C)oc(NC(=O)CCc2nc3ccccc3[nH]c2=O)c1C#N. The number of Topliss-reactive ketones (excluding diaryl/α,β-unsaturated/α-hetero) is 1. The van der Waals surface area contributed by atoms with E-state index in [1.54, 1.807) is 31.2 Å². The molecule has 0 unspecified atom stereocenters. The molecule has 2 N–H and O–H groups in total. The van der Waals surface area contributed by atoms with Gasteiger partial charge in [-0.05, 0) is 26.0 Å². The highest BCUT2D eigenvalue weighted by Crippen LogP contribution is 2.26. The number of hydrogen-bond acceptors (Lipinski definition) is 6. The lowest BCUT2D eigenvalue weighted by Gasteiger charge is -2.04. The first-order valence-corrected chi connectivity index (χ1v) is 8.23. The van der Waals surface area contributed by atoms with Crippen LogP contribution in [-0.4, -0.2) is 21.7 Å². The van der Waals surface area contributed by atoms with Gasteiger partial charge in [0.2, 0.25) is 11.8 Å². The molecule has 0 aliphatic heterocycles. The highest BCUT2D eigenvalue weighted by atomic mass is 16.4. The van der Waals surface area contributed by atoms with E-state index in [2.05, 4.69) is 15.3 Å². The molecule has 1 amide bonds. The van der Waals surface area contributed by atoms with Gasteiger partial charge in [0, 0.05) is 12.8 Å². The number of nitrogens with zero attached hydrogens (tertiary/aromatic N) is 2. The van der Waals surface area contributed by atoms with Crippen molar-refractivity contribution in [1.29, 1.82) is 5.26 Å². The van der Waals surface area contributed by atoms with Crippen LogP contribution in [0.25, 0.3) is 11.0 Å². The van der Waals surface area contributed by atoms with Crippen molar-refractivity contribution in [3.63, 3.8) is 0 Å². The van der Waals surface area contributed by atoms with Gasteiger partial charge in [-0.3, -0.25) is 19.7 Å². The first kappa shape index (κ1) is 18.1. The van der Waals surface area contributed by atoms with Gasteiger partial charge in [-0.15, -0.1) is 0 Å². The number of amides is 1. The number of rotatable bonds is 5. The van der Waals surface area contributed by atoms with Crippen LogP contribution in [0.2, 0.25) is 0 Å². The molecule has 3 rings (SSSR count). The molecule has 2 aromatic heterocycles. The van der Waals surface area contributed by atoms with E-state index in [0.717, 1.165) is 0 Å². The number of aromatic amines is 1. The Kier molecular flexibility index (Phi) is 4.86. The zero-order valence-electron chi connectivity index (χ0n) is 14.8. The average molecular weight is 364 g/mol. The monoisotopic (exact) mass is 364 g/mol. The molecule has 0 fully saturated rings. The number of H-pyrrole nitrogens is 1. The highest BCUT2D eigenvalue weighted by molar-refractivity contribution is 6.00. The molecule has 0 atom stereocenters. The number of carbonyl (C=O) groups is 2. The second-order valence-electron chi connectivity index (χ2n) is 5.98. The molecule has 0 saturated heterocycles. The minimum atomic E-state index is -0.454. The smallest absolute Gasteiger partial charge is 0.270 e. The molecule has 0 saturated carbocycles. The number of ketones is 1. The molecular formula is C19H16N4O4. The van der Waals surface area contributed by atoms with Crippen LogP contribution in [0.1, 0.15) is 40.7 Å². The van der Waals surface area contributed by atoms with Crippen LogP contribution >= 0.6 is 0 Å². The van der Waals surface area contributed by atoms with Crippen molar-refractivity contribution in [1.82, 2.24) is 9.97 Å². The molecule has 136 valence electrons. The second-order valence-corrected chi connectivity index (χ2v) is 5.98. The summed E-state index contributed by atoms with van der Waals surface area (Å²) >= 11 is 0. The number of nitrogens with one attached hydrogen (secondary N) is 2. The molecule has 0 bridgehead atoms. The number of nitriles is 1. The zero-order valence-corrected chi connectivity index (χ0v) is 14.8. The second kappa shape index (κ2) is 7.25. The third-order valence-corrected chi connectivity index (χ3v) is 4.06. The van der Waals surface area contributed by atoms with Gasteiger partial charge in [0.25, 0.3) is 5.56 Å². The molecule has 0 radical (unpaired) electrons. The molecule has 0 spiro atoms. The van der Waals surface area contributed by atoms with E-state index in [4.69, 9.17) is 4.42 Å². The summed E-state index contributed by atoms with van der Waals surface area (Å²) in [6.45, 7) is 2.87. The molecule has 8 nitrogen and oxygen atoms in total. The van der Waals surface area contributed by atoms with Crippen LogP contribution in [0.15, 0.2) is 33.5 Å². The predicted molar refractivity (Wildman–Crippen MR) is 97.5 cm³/mol. The maximum absolute atomic E-state index is 12.2. The number of hydrogen-bond donors (Lipinski definition) is 2. The Balaban J connectivity index is 1.75. The van der Waals surface area contributed by atoms with Crippen LogP contribution < -0.4 is 10.9 Å². The largest absolute Gasteiger partial charge is 0.443 e. The van der Waals surface area contributed by atoms with Crippen LogP contribution in [-0.2, 0) is 11.2 Å². The fourth-order valence-electron chi connectivity index (χ4n) is 2.82. The van der Waals surface area contributed by atoms with Crippen LogP contribution in [0, 0.1) is 18.3 Å². The lowest BCUT2D eigenvalue weighted by molar-refractivity contribution is -0.116. The fourth-order valence-corrected chi connectivity index (χ4v) is 2.82. The third kappa shape index (κ3) is 3.62. The van der Waals surface area contributed by atoms with Gasteiger partial charge >= 0.3 is 0 Å². The lowest BCUT2D eigenvalue weighted by atomic mass is 10.1. The Bertz CT molecular complexity index is 1150. The summed E-state index contributed by atoms with van der Waals surface area (Å²) in [7, 11) is 0. The molecule has 2 heterocycles. The Labute approximate surface area is 153 Å². The Morgan fingerprint density at radius 3 is 2.78 bits per heavy atom. The quantitative estimate of drug-likeness (QED) is 0.669. The minimum absolute atomic E-state index is 0.00460. The van der Waals surface area contributed by atoms with E-state index in [0.29, 0.717) is 11.0 Å². The summed E-state index contributed by atoms with van der Waals surface area (Å²) in [5.74, 6) is -0.572. The third-order valence-electron chi connectivity index (χ3n) is 4.06. The standard InChI is InChI=1S/C19H16N4O4/c1-10(24)17-11(2)27-19(12(17)9-20)23-16(25)8-7-15-18(26)22-14-6-4-3-5-13(14)21-15/h3-6H,7-8H2,1-2H3,(H,22,26)(H,23,25). The minimum Gasteiger partial charge on any atom is -0.443 e. The van der Waals surface area contributed by atoms with Crippen LogP contribution in [0.5, 0.6) is 0 Å². The first-order valence-electron chi connectivity index (χ1n) is 8.23. The van der Waals surface area contributed by atoms with Gasteiger partial charge in [-0.2, -0.15) is 5.26 Å². The summed E-state index contributed by atoms with van der Waals surface area (Å²) < 4.78 is 5.34. The summed E-state index contributed by atoms with van der Waals surface area (Å²) in [6, 6.07) is 8.99. The van der Waals surface area contributed by atoms with Crippen molar-refractivity contribution in [2.45, 2.75) is 26.7 Å². The number of aryl methyl sites for hydroxylation is 2. The van der Waals surface area contributed by atoms with Crippen molar-refractivity contribution in [3.05, 3.63) is 57.2 Å². The van der Waals surface area contributed by atoms with E-state index in [1.807, 2.05) is 6.07 Å². The maximum atomic E-state index is 12.2. The number of furan rings is 1. The van der Waals surface area contributed by atoms with E-state index in [1.165, 1.54) is 6.92 Å². The summed E-state index contributed by atoms with van der Waals surface area (Å²) in [6.07, 6.45) is 0.0849. The van der Waals surface area contributed by atoms with Crippen molar-refractivity contribution >= 4 is 28.6 Å². The van der Waals surface area contributed by atoms with E-state index >= 15 is 0 Å². The van der Waals surface area contributed by atoms with Crippen molar-refractivity contribution in [2.75, 3.05) is 5.32 Å². The Morgan fingerprint density at radius 2 is 2.07 bits per heavy atom. The number of fused-ring (bicyclic) bond motifs is 1. The average Bonchev–Trinajstić information content (AvgIpc) is 2.94. The van der Waals surface area contributed by atoms with E-state index in [-0.39, 0.29) is 52.6 Å². The number of anilines is 1. The molecule has 1 aromatic carbocycles. The van der Waals surface area contributed by atoms with E-state index in [9.17, 15) is 19.6 Å². The van der Waals surface area contributed by atoms with Gasteiger partial charge in [0.05, 0.1) is 16.6 Å². The summed E-state index contributed by atoms with van der Waals surface area (Å²) in [4.78, 5) is 42.9. The molecule has 8 heteroatoms. The molecule has 3 aromatic rings. The number of carbonyl (C=O) groups excluding carboxylic acids is 2. The normalized spacial score (nSPS) is 10.6. The number of aromatic nitrogens is 2. The fraction of sp³-hybridized carbons (Fsp3) is 0.211. The molecule has 0 aliphatic carbocycles. The molecule has 0 aliphatic rings. The first-order chi connectivity index (χ1) is 12.9. The highest BCUT2D eigenvalue weighted by Gasteiger charge is 2.22. The number of benzene rings is 1. The topological polar surface area (TPSA) is 129 Å². The zero-order chi connectivity index (χ0) is 19.6. The Morgan fingerprint density at radius 1 is 1.33 bits per heavy atom. The van der Waals surface area contributed by atoms with Crippen molar-refractivity contribution < 1.29 is 14.0 Å². The van der Waals surface area contributed by atoms with Crippen LogP contribution in [0.4, 0.5) is 5.88 Å². The summed E-state index contributed by atoms with van der Waals surface area (Å²) in [5, 5.41) is 11.7. The molecule has 27 heavy (non-hydrogen) atoms. The summed E-state index contributed by atoms with van der Waals surface area (Å²) in [5.41, 5.74) is 1.29. The molecular weight excluding hydrogens is 348 g/mol. The predicted octanol–water partition coefficient (Wildman–Crippen LogP) is 2.47. The van der Waals surface area contributed by atoms with Gasteiger partial charge in [-0.1, -0.05) is 12.1 Å². The van der Waals surface area contributed by atoms with E-state index < -0.39 is 5.91 Å². The maximum Gasteiger partial charge on any atom is 0.270 e. The van der Waals surface area contributed by atoms with Gasteiger partial charge in [-0.25, -0.2) is 4.98 Å². The Hall–Kier alpha value is -3.73.